The Labute approximate surface area is 122 Å². The van der Waals surface area contributed by atoms with Crippen molar-refractivity contribution in [3.63, 3.8) is 0 Å². The van der Waals surface area contributed by atoms with Gasteiger partial charge < -0.3 is 10.6 Å². The van der Waals surface area contributed by atoms with Crippen molar-refractivity contribution in [1.82, 2.24) is 24.5 Å². The quantitative estimate of drug-likeness (QED) is 0.762. The normalized spacial score (nSPS) is 12.9. The molecule has 0 aliphatic rings. The molecule has 0 bridgehead atoms. The molecule has 0 aliphatic carbocycles. The van der Waals surface area contributed by atoms with Crippen LogP contribution in [0.1, 0.15) is 6.92 Å². The molecule has 10 heteroatoms. The highest BCUT2D eigenvalue weighted by molar-refractivity contribution is 7.90. The summed E-state index contributed by atoms with van der Waals surface area (Å²) >= 11 is 0. The number of imidazole rings is 1. The fourth-order valence-electron chi connectivity index (χ4n) is 1.75. The van der Waals surface area contributed by atoms with E-state index >= 15 is 0 Å². The summed E-state index contributed by atoms with van der Waals surface area (Å²) in [5.41, 5.74) is 0. The van der Waals surface area contributed by atoms with Gasteiger partial charge in [0.15, 0.2) is 0 Å². The third-order valence-corrected chi connectivity index (χ3v) is 3.62. The second kappa shape index (κ2) is 6.04. The Kier molecular flexibility index (Phi) is 4.36. The van der Waals surface area contributed by atoms with E-state index in [1.54, 1.807) is 37.3 Å². The van der Waals surface area contributed by atoms with E-state index in [0.717, 1.165) is 0 Å². The van der Waals surface area contributed by atoms with Gasteiger partial charge in [0, 0.05) is 31.7 Å². The number of anilines is 2. The molecule has 0 fully saturated rings. The first-order chi connectivity index (χ1) is 9.87. The van der Waals surface area contributed by atoms with E-state index in [1.165, 1.54) is 6.26 Å². The molecule has 0 spiro atoms. The molecule has 0 saturated heterocycles. The summed E-state index contributed by atoms with van der Waals surface area (Å²) < 4.78 is 24.2. The van der Waals surface area contributed by atoms with Crippen LogP contribution in [0.5, 0.6) is 0 Å². The molecular weight excluding hydrogens is 294 g/mol. The van der Waals surface area contributed by atoms with Gasteiger partial charge in [0.1, 0.15) is 16.2 Å². The molecule has 2 rings (SSSR count). The zero-order valence-electron chi connectivity index (χ0n) is 12.0. The Balaban J connectivity index is 2.25. The molecule has 114 valence electrons. The van der Waals surface area contributed by atoms with Crippen molar-refractivity contribution in [3.05, 3.63) is 18.7 Å². The zero-order chi connectivity index (χ0) is 15.5. The van der Waals surface area contributed by atoms with Gasteiger partial charge >= 0.3 is 0 Å². The van der Waals surface area contributed by atoms with Crippen molar-refractivity contribution in [2.24, 2.45) is 0 Å². The molecule has 0 aliphatic heterocycles. The van der Waals surface area contributed by atoms with E-state index in [9.17, 15) is 8.42 Å². The lowest BCUT2D eigenvalue weighted by Crippen LogP contribution is -2.26. The molecule has 2 aromatic heterocycles. The van der Waals surface area contributed by atoms with Crippen molar-refractivity contribution in [1.29, 1.82) is 0 Å². The standard InChI is InChI=1S/C11H17N7O2S/c1-8(6-21(3,19)20)14-10-15-9(12-2)16-11(17-10)18-5-4-13-7-18/h4-5,7-8H,6H2,1-3H3,(H2,12,14,15,16,17). The minimum Gasteiger partial charge on any atom is -0.357 e. The van der Waals surface area contributed by atoms with Crippen LogP contribution in [-0.2, 0) is 9.84 Å². The molecule has 0 saturated carbocycles. The Morgan fingerprint density at radius 2 is 2.00 bits per heavy atom. The largest absolute Gasteiger partial charge is 0.357 e. The van der Waals surface area contributed by atoms with E-state index in [2.05, 4.69) is 30.6 Å². The van der Waals surface area contributed by atoms with Gasteiger partial charge in [-0.25, -0.2) is 13.4 Å². The lowest BCUT2D eigenvalue weighted by atomic mass is 10.4. The first-order valence-corrected chi connectivity index (χ1v) is 8.30. The highest BCUT2D eigenvalue weighted by atomic mass is 32.2. The van der Waals surface area contributed by atoms with Gasteiger partial charge in [-0.1, -0.05) is 0 Å². The second-order valence-electron chi connectivity index (χ2n) is 4.64. The fraction of sp³-hybridized carbons (Fsp3) is 0.455. The smallest absolute Gasteiger partial charge is 0.241 e. The SMILES string of the molecule is CNc1nc(NC(C)CS(C)(=O)=O)nc(-n2ccnc2)n1. The minimum absolute atomic E-state index is 0.00597. The molecule has 2 aromatic rings. The Bertz CT molecular complexity index is 699. The zero-order valence-corrected chi connectivity index (χ0v) is 12.8. The summed E-state index contributed by atoms with van der Waals surface area (Å²) in [6.07, 6.45) is 6.08. The van der Waals surface area contributed by atoms with E-state index < -0.39 is 9.84 Å². The summed E-state index contributed by atoms with van der Waals surface area (Å²) in [6, 6.07) is -0.317. The maximum Gasteiger partial charge on any atom is 0.241 e. The van der Waals surface area contributed by atoms with Crippen LogP contribution in [0.2, 0.25) is 0 Å². The van der Waals surface area contributed by atoms with Crippen molar-refractivity contribution in [3.8, 4) is 5.95 Å². The summed E-state index contributed by atoms with van der Waals surface area (Å²) in [5.74, 6) is 1.06. The maximum absolute atomic E-state index is 11.3. The first kappa shape index (κ1) is 15.2. The third kappa shape index (κ3) is 4.38. The highest BCUT2D eigenvalue weighted by Crippen LogP contribution is 2.10. The lowest BCUT2D eigenvalue weighted by Gasteiger charge is -2.14. The van der Waals surface area contributed by atoms with Crippen molar-refractivity contribution in [2.45, 2.75) is 13.0 Å². The summed E-state index contributed by atoms with van der Waals surface area (Å²) in [5, 5.41) is 5.80. The van der Waals surface area contributed by atoms with Crippen molar-refractivity contribution in [2.75, 3.05) is 29.7 Å². The van der Waals surface area contributed by atoms with E-state index in [0.29, 0.717) is 17.8 Å². The number of nitrogens with zero attached hydrogens (tertiary/aromatic N) is 5. The van der Waals surface area contributed by atoms with Crippen molar-refractivity contribution >= 4 is 21.7 Å². The van der Waals surface area contributed by atoms with Gasteiger partial charge in [0.05, 0.1) is 5.75 Å². The number of nitrogens with one attached hydrogen (secondary N) is 2. The Morgan fingerprint density at radius 3 is 2.57 bits per heavy atom. The number of hydrogen-bond donors (Lipinski definition) is 2. The van der Waals surface area contributed by atoms with Crippen LogP contribution in [-0.4, -0.2) is 58.0 Å². The summed E-state index contributed by atoms with van der Waals surface area (Å²) in [7, 11) is -1.39. The van der Waals surface area contributed by atoms with Crippen LogP contribution in [0, 0.1) is 0 Å². The molecule has 1 atom stereocenters. The average molecular weight is 311 g/mol. The molecule has 0 radical (unpaired) electrons. The van der Waals surface area contributed by atoms with E-state index in [-0.39, 0.29) is 11.8 Å². The predicted octanol–water partition coefficient (Wildman–Crippen LogP) is -0.0560. The number of rotatable bonds is 6. The molecule has 0 aromatic carbocycles. The average Bonchev–Trinajstić information content (AvgIpc) is 2.89. The number of hydrogen-bond acceptors (Lipinski definition) is 8. The van der Waals surface area contributed by atoms with Gasteiger partial charge in [0.2, 0.25) is 17.8 Å². The Morgan fingerprint density at radius 1 is 1.29 bits per heavy atom. The van der Waals surface area contributed by atoms with Crippen LogP contribution in [0.3, 0.4) is 0 Å². The monoisotopic (exact) mass is 311 g/mol. The summed E-state index contributed by atoms with van der Waals surface area (Å²) in [4.78, 5) is 16.6. The van der Waals surface area contributed by atoms with Gasteiger partial charge in [-0.3, -0.25) is 4.57 Å². The van der Waals surface area contributed by atoms with Crippen LogP contribution >= 0.6 is 0 Å². The van der Waals surface area contributed by atoms with E-state index in [1.807, 2.05) is 0 Å². The lowest BCUT2D eigenvalue weighted by molar-refractivity contribution is 0.597. The maximum atomic E-state index is 11.3. The molecule has 9 nitrogen and oxygen atoms in total. The molecular formula is C11H17N7O2S. The van der Waals surface area contributed by atoms with Gasteiger partial charge in [-0.2, -0.15) is 15.0 Å². The third-order valence-electron chi connectivity index (χ3n) is 2.51. The van der Waals surface area contributed by atoms with Crippen LogP contribution < -0.4 is 10.6 Å². The van der Waals surface area contributed by atoms with E-state index in [4.69, 9.17) is 0 Å². The molecule has 21 heavy (non-hydrogen) atoms. The topological polar surface area (TPSA) is 115 Å². The molecule has 2 heterocycles. The predicted molar refractivity (Wildman–Crippen MR) is 79.3 cm³/mol. The summed E-state index contributed by atoms with van der Waals surface area (Å²) in [6.45, 7) is 1.75. The van der Waals surface area contributed by atoms with Crippen LogP contribution in [0.25, 0.3) is 5.95 Å². The van der Waals surface area contributed by atoms with Crippen LogP contribution in [0.15, 0.2) is 18.7 Å². The number of aromatic nitrogens is 5. The van der Waals surface area contributed by atoms with Crippen LogP contribution in [0.4, 0.5) is 11.9 Å². The minimum atomic E-state index is -3.08. The van der Waals surface area contributed by atoms with Gasteiger partial charge in [-0.05, 0) is 6.92 Å². The fourth-order valence-corrected chi connectivity index (χ4v) is 2.74. The molecule has 1 unspecified atom stereocenters. The Hall–Kier alpha value is -2.23. The molecule has 2 N–H and O–H groups in total. The van der Waals surface area contributed by atoms with Gasteiger partial charge in [0.25, 0.3) is 0 Å². The molecule has 0 amide bonds. The second-order valence-corrected chi connectivity index (χ2v) is 6.83. The highest BCUT2D eigenvalue weighted by Gasteiger charge is 2.13. The van der Waals surface area contributed by atoms with Crippen molar-refractivity contribution < 1.29 is 8.42 Å². The number of sulfone groups is 1. The van der Waals surface area contributed by atoms with Gasteiger partial charge in [-0.15, -0.1) is 0 Å². The first-order valence-electron chi connectivity index (χ1n) is 6.24.